The van der Waals surface area contributed by atoms with Crippen LogP contribution in [0.5, 0.6) is 0 Å². The Morgan fingerprint density at radius 1 is 1.12 bits per heavy atom. The van der Waals surface area contributed by atoms with Crippen molar-refractivity contribution in [2.24, 2.45) is 0 Å². The number of rotatable bonds is 5. The molecule has 32 heavy (non-hydrogen) atoms. The molecule has 0 aliphatic rings. The predicted octanol–water partition coefficient (Wildman–Crippen LogP) is 4.14. The Morgan fingerprint density at radius 3 is 2.59 bits per heavy atom. The van der Waals surface area contributed by atoms with Crippen LogP contribution in [0.2, 0.25) is 0 Å². The van der Waals surface area contributed by atoms with Crippen molar-refractivity contribution in [3.8, 4) is 11.4 Å². The number of carbonyl (C=O) groups excluding carboxylic acids is 1. The number of H-pyrrole nitrogens is 1. The SMILES string of the molecule is Cc1ccc(-c2nc(SCC(=O)Nc3cccc(C(F)(F)F)c3)n3[nH]c(=O)cc3n2)cc1. The van der Waals surface area contributed by atoms with Crippen LogP contribution < -0.4 is 10.9 Å². The third kappa shape index (κ3) is 4.83. The topological polar surface area (TPSA) is 92.2 Å². The highest BCUT2D eigenvalue weighted by atomic mass is 32.2. The molecular weight excluding hydrogens is 443 g/mol. The highest BCUT2D eigenvalue weighted by Gasteiger charge is 2.30. The van der Waals surface area contributed by atoms with Crippen molar-refractivity contribution in [3.63, 3.8) is 0 Å². The van der Waals surface area contributed by atoms with Gasteiger partial charge in [-0.1, -0.05) is 47.7 Å². The van der Waals surface area contributed by atoms with E-state index in [2.05, 4.69) is 20.4 Å². The molecule has 0 aliphatic carbocycles. The van der Waals surface area contributed by atoms with E-state index in [1.807, 2.05) is 31.2 Å². The molecule has 2 aromatic heterocycles. The monoisotopic (exact) mass is 459 g/mol. The van der Waals surface area contributed by atoms with E-state index in [-0.39, 0.29) is 17.0 Å². The quantitative estimate of drug-likeness (QED) is 0.438. The summed E-state index contributed by atoms with van der Waals surface area (Å²) in [5.74, 6) is -0.284. The molecular formula is C21H16F3N5O2S. The zero-order chi connectivity index (χ0) is 22.9. The van der Waals surface area contributed by atoms with Gasteiger partial charge in [-0.25, -0.2) is 14.5 Å². The first-order valence-corrected chi connectivity index (χ1v) is 10.3. The van der Waals surface area contributed by atoms with Crippen LogP contribution in [0.25, 0.3) is 17.0 Å². The number of hydrogen-bond acceptors (Lipinski definition) is 5. The molecule has 7 nitrogen and oxygen atoms in total. The van der Waals surface area contributed by atoms with Crippen LogP contribution in [-0.2, 0) is 11.0 Å². The van der Waals surface area contributed by atoms with E-state index in [1.165, 1.54) is 22.7 Å². The van der Waals surface area contributed by atoms with Gasteiger partial charge in [0, 0.05) is 17.3 Å². The predicted molar refractivity (Wildman–Crippen MR) is 115 cm³/mol. The molecule has 0 saturated heterocycles. The van der Waals surface area contributed by atoms with Crippen molar-refractivity contribution in [3.05, 3.63) is 76.1 Å². The molecule has 0 fully saturated rings. The number of fused-ring (bicyclic) bond motifs is 1. The minimum atomic E-state index is -4.51. The number of aromatic amines is 1. The Kier molecular flexibility index (Phi) is 5.74. The van der Waals surface area contributed by atoms with Gasteiger partial charge in [-0.2, -0.15) is 13.2 Å². The second kappa shape index (κ2) is 8.50. The number of amides is 1. The van der Waals surface area contributed by atoms with Crippen LogP contribution in [-0.4, -0.2) is 31.2 Å². The summed E-state index contributed by atoms with van der Waals surface area (Å²) in [5.41, 5.74) is 0.939. The summed E-state index contributed by atoms with van der Waals surface area (Å²) in [7, 11) is 0. The minimum absolute atomic E-state index is 0.0352. The van der Waals surface area contributed by atoms with Crippen molar-refractivity contribution in [1.82, 2.24) is 19.6 Å². The van der Waals surface area contributed by atoms with Crippen LogP contribution in [0, 0.1) is 6.92 Å². The van der Waals surface area contributed by atoms with E-state index in [4.69, 9.17) is 0 Å². The van der Waals surface area contributed by atoms with Crippen LogP contribution in [0.3, 0.4) is 0 Å². The first-order chi connectivity index (χ1) is 15.2. The number of benzene rings is 2. The lowest BCUT2D eigenvalue weighted by atomic mass is 10.1. The number of alkyl halides is 3. The number of aromatic nitrogens is 4. The molecule has 1 amide bonds. The third-order valence-electron chi connectivity index (χ3n) is 4.44. The third-order valence-corrected chi connectivity index (χ3v) is 5.38. The van der Waals surface area contributed by atoms with Gasteiger partial charge in [0.15, 0.2) is 16.6 Å². The van der Waals surface area contributed by atoms with Crippen molar-refractivity contribution in [2.45, 2.75) is 18.3 Å². The molecule has 2 aromatic carbocycles. The average Bonchev–Trinajstić information content (AvgIpc) is 3.12. The second-order valence-corrected chi connectivity index (χ2v) is 7.87. The number of thioether (sulfide) groups is 1. The molecule has 0 unspecified atom stereocenters. The lowest BCUT2D eigenvalue weighted by Gasteiger charge is -2.10. The normalized spacial score (nSPS) is 11.6. The van der Waals surface area contributed by atoms with Crippen LogP contribution in [0.15, 0.2) is 64.5 Å². The molecule has 11 heteroatoms. The van der Waals surface area contributed by atoms with Crippen LogP contribution in [0.1, 0.15) is 11.1 Å². The maximum Gasteiger partial charge on any atom is 0.416 e. The van der Waals surface area contributed by atoms with Gasteiger partial charge in [0.25, 0.3) is 5.56 Å². The van der Waals surface area contributed by atoms with Crippen molar-refractivity contribution < 1.29 is 18.0 Å². The van der Waals surface area contributed by atoms with Crippen LogP contribution >= 0.6 is 11.8 Å². The first-order valence-electron chi connectivity index (χ1n) is 9.36. The number of carbonyl (C=O) groups is 1. The zero-order valence-corrected chi connectivity index (χ0v) is 17.4. The number of halogens is 3. The van der Waals surface area contributed by atoms with Gasteiger partial charge >= 0.3 is 6.18 Å². The summed E-state index contributed by atoms with van der Waals surface area (Å²) >= 11 is 1.02. The van der Waals surface area contributed by atoms with Crippen LogP contribution in [0.4, 0.5) is 18.9 Å². The fraction of sp³-hybridized carbons (Fsp3) is 0.143. The molecule has 0 bridgehead atoms. The van der Waals surface area contributed by atoms with E-state index < -0.39 is 17.6 Å². The van der Waals surface area contributed by atoms with E-state index in [0.717, 1.165) is 35.0 Å². The Morgan fingerprint density at radius 2 is 1.88 bits per heavy atom. The number of anilines is 1. The lowest BCUT2D eigenvalue weighted by Crippen LogP contribution is -2.16. The summed E-state index contributed by atoms with van der Waals surface area (Å²) in [6.45, 7) is 1.95. The average molecular weight is 459 g/mol. The molecule has 0 atom stereocenters. The van der Waals surface area contributed by atoms with E-state index in [1.54, 1.807) is 0 Å². The van der Waals surface area contributed by atoms with Gasteiger partial charge in [-0.15, -0.1) is 0 Å². The van der Waals surface area contributed by atoms with Crippen molar-refractivity contribution in [2.75, 3.05) is 11.1 Å². The summed E-state index contributed by atoms with van der Waals surface area (Å²) in [5, 5.41) is 5.33. The lowest BCUT2D eigenvalue weighted by molar-refractivity contribution is -0.137. The maximum absolute atomic E-state index is 12.9. The Hall–Kier alpha value is -3.60. The Bertz CT molecular complexity index is 1350. The van der Waals surface area contributed by atoms with Gasteiger partial charge in [0.1, 0.15) is 0 Å². The molecule has 4 rings (SSSR count). The fourth-order valence-electron chi connectivity index (χ4n) is 2.91. The van der Waals surface area contributed by atoms with Gasteiger partial charge in [-0.05, 0) is 25.1 Å². The number of hydrogen-bond donors (Lipinski definition) is 2. The molecule has 0 spiro atoms. The maximum atomic E-state index is 12.9. The first kappa shape index (κ1) is 21.6. The number of nitrogens with one attached hydrogen (secondary N) is 2. The standard InChI is InChI=1S/C21H16F3N5O2S/c1-12-5-7-13(8-6-12)19-26-16-10-17(30)28-29(16)20(27-19)32-11-18(31)25-15-4-2-3-14(9-15)21(22,23)24/h2-10H,11H2,1H3,(H,25,31)(H,28,30). The van der Waals surface area contributed by atoms with Gasteiger partial charge in [0.2, 0.25) is 5.91 Å². The molecule has 0 saturated carbocycles. The van der Waals surface area contributed by atoms with E-state index in [9.17, 15) is 22.8 Å². The summed E-state index contributed by atoms with van der Waals surface area (Å²) in [6, 6.07) is 13.2. The Labute approximate surface area is 183 Å². The van der Waals surface area contributed by atoms with Gasteiger partial charge in [-0.3, -0.25) is 14.7 Å². The number of nitrogens with zero attached hydrogens (tertiary/aromatic N) is 3. The molecule has 0 radical (unpaired) electrons. The summed E-state index contributed by atoms with van der Waals surface area (Å²) in [4.78, 5) is 33.0. The molecule has 2 heterocycles. The summed E-state index contributed by atoms with van der Waals surface area (Å²) in [6.07, 6.45) is -4.51. The van der Waals surface area contributed by atoms with Crippen molar-refractivity contribution in [1.29, 1.82) is 0 Å². The minimum Gasteiger partial charge on any atom is -0.325 e. The zero-order valence-electron chi connectivity index (χ0n) is 16.6. The van der Waals surface area contributed by atoms with Gasteiger partial charge in [0.05, 0.1) is 11.3 Å². The van der Waals surface area contributed by atoms with Crippen molar-refractivity contribution >= 4 is 29.0 Å². The second-order valence-electron chi connectivity index (χ2n) is 6.93. The largest absolute Gasteiger partial charge is 0.416 e. The van der Waals surface area contributed by atoms with E-state index in [0.29, 0.717) is 16.6 Å². The molecule has 0 aliphatic heterocycles. The van der Waals surface area contributed by atoms with E-state index >= 15 is 0 Å². The summed E-state index contributed by atoms with van der Waals surface area (Å²) < 4.78 is 39.9. The highest BCUT2D eigenvalue weighted by Crippen LogP contribution is 2.30. The fourth-order valence-corrected chi connectivity index (χ4v) is 3.66. The molecule has 4 aromatic rings. The smallest absolute Gasteiger partial charge is 0.325 e. The van der Waals surface area contributed by atoms with Gasteiger partial charge < -0.3 is 5.32 Å². The molecule has 164 valence electrons. The molecule has 2 N–H and O–H groups in total. The Balaban J connectivity index is 1.55. The number of aryl methyl sites for hydroxylation is 1. The highest BCUT2D eigenvalue weighted by molar-refractivity contribution is 7.99.